The number of hydrogen-bond donors (Lipinski definition) is 0. The molecule has 0 radical (unpaired) electrons. The lowest BCUT2D eigenvalue weighted by Crippen LogP contribution is -2.03. The molecule has 4 heterocycles. The Hall–Kier alpha value is -6.85. The molecule has 7 aromatic carbocycles. The molecular weight excluding hydrogens is 611 g/mol. The summed E-state index contributed by atoms with van der Waals surface area (Å²) in [5, 5.41) is 8.09. The SMILES string of the molecule is c1ccc2c(-c3ccc(-c4nc(-n5c6ccccc6c6c5nc5c7ccccc7c7ccccc7n56)nc5ccccc45)cc3)cccc2c1. The van der Waals surface area contributed by atoms with Gasteiger partial charge in [0.05, 0.1) is 22.2 Å². The van der Waals surface area contributed by atoms with Gasteiger partial charge in [-0.05, 0) is 45.5 Å². The normalized spacial score (nSPS) is 12.0. The van der Waals surface area contributed by atoms with Gasteiger partial charge in [-0.1, -0.05) is 146 Å². The van der Waals surface area contributed by atoms with Crippen LogP contribution in [-0.2, 0) is 0 Å². The summed E-state index contributed by atoms with van der Waals surface area (Å²) in [6.45, 7) is 0. The predicted octanol–water partition coefficient (Wildman–Crippen LogP) is 11.2. The number of pyridine rings is 1. The van der Waals surface area contributed by atoms with E-state index in [0.717, 1.165) is 60.8 Å². The van der Waals surface area contributed by atoms with E-state index in [9.17, 15) is 0 Å². The highest BCUT2D eigenvalue weighted by Gasteiger charge is 2.23. The standard InChI is InChI=1S/C45H27N5/c1-2-14-31-28(12-1)13-11-20-32(31)29-24-26-30(27-25-29)41-36-18-5-8-21-38(36)46-45(47-41)50-40-23-10-7-19-37(40)42-44(50)48-43-35-17-4-3-15-33(35)34-16-6-9-22-39(34)49(42)43/h1-27H. The Labute approximate surface area is 286 Å². The molecule has 11 aromatic rings. The van der Waals surface area contributed by atoms with Crippen molar-refractivity contribution < 1.29 is 0 Å². The molecule has 0 atom stereocenters. The molecule has 0 aliphatic heterocycles. The van der Waals surface area contributed by atoms with E-state index in [1.165, 1.54) is 32.7 Å². The van der Waals surface area contributed by atoms with Crippen LogP contribution < -0.4 is 0 Å². The number of hydrogen-bond acceptors (Lipinski definition) is 3. The second-order valence-electron chi connectivity index (χ2n) is 12.9. The summed E-state index contributed by atoms with van der Waals surface area (Å²) in [7, 11) is 0. The molecule has 0 fully saturated rings. The average Bonchev–Trinajstić information content (AvgIpc) is 3.73. The Balaban J connectivity index is 1.18. The number of imidazole rings is 1. The second-order valence-corrected chi connectivity index (χ2v) is 12.9. The molecule has 232 valence electrons. The summed E-state index contributed by atoms with van der Waals surface area (Å²) in [5.74, 6) is 0.597. The van der Waals surface area contributed by atoms with E-state index in [4.69, 9.17) is 15.0 Å². The molecule has 0 aliphatic carbocycles. The van der Waals surface area contributed by atoms with Crippen LogP contribution in [0.15, 0.2) is 164 Å². The minimum absolute atomic E-state index is 0.597. The highest BCUT2D eigenvalue weighted by atomic mass is 15.2. The van der Waals surface area contributed by atoms with Crippen molar-refractivity contribution >= 4 is 71.1 Å². The zero-order chi connectivity index (χ0) is 32.8. The van der Waals surface area contributed by atoms with E-state index < -0.39 is 0 Å². The number of nitrogens with zero attached hydrogens (tertiary/aromatic N) is 5. The minimum atomic E-state index is 0.597. The van der Waals surface area contributed by atoms with Gasteiger partial charge in [0.2, 0.25) is 5.95 Å². The van der Waals surface area contributed by atoms with Gasteiger partial charge in [0, 0.05) is 27.1 Å². The fraction of sp³-hybridized carbons (Fsp3) is 0. The highest BCUT2D eigenvalue weighted by molar-refractivity contribution is 6.17. The third-order valence-corrected chi connectivity index (χ3v) is 10.1. The topological polar surface area (TPSA) is 48.0 Å². The van der Waals surface area contributed by atoms with Crippen molar-refractivity contribution in [3.8, 4) is 28.3 Å². The lowest BCUT2D eigenvalue weighted by atomic mass is 9.96. The number of para-hydroxylation sites is 3. The first kappa shape index (κ1) is 27.1. The first-order valence-corrected chi connectivity index (χ1v) is 16.9. The van der Waals surface area contributed by atoms with Crippen molar-refractivity contribution in [2.45, 2.75) is 0 Å². The molecule has 0 unspecified atom stereocenters. The Morgan fingerprint density at radius 3 is 1.84 bits per heavy atom. The molecule has 50 heavy (non-hydrogen) atoms. The second kappa shape index (κ2) is 10.3. The smallest absolute Gasteiger partial charge is 0.237 e. The zero-order valence-corrected chi connectivity index (χ0v) is 26.8. The van der Waals surface area contributed by atoms with Crippen LogP contribution >= 0.6 is 0 Å². The van der Waals surface area contributed by atoms with Crippen LogP contribution in [-0.4, -0.2) is 23.9 Å². The third kappa shape index (κ3) is 3.80. The van der Waals surface area contributed by atoms with Crippen molar-refractivity contribution in [2.24, 2.45) is 0 Å². The molecule has 11 rings (SSSR count). The van der Waals surface area contributed by atoms with E-state index in [1.54, 1.807) is 0 Å². The Morgan fingerprint density at radius 2 is 1.00 bits per heavy atom. The fourth-order valence-corrected chi connectivity index (χ4v) is 7.89. The molecule has 5 heteroatoms. The van der Waals surface area contributed by atoms with E-state index in [-0.39, 0.29) is 0 Å². The molecule has 4 aromatic heterocycles. The van der Waals surface area contributed by atoms with Gasteiger partial charge >= 0.3 is 0 Å². The van der Waals surface area contributed by atoms with Crippen LogP contribution in [0.25, 0.3) is 99.4 Å². The predicted molar refractivity (Wildman–Crippen MR) is 206 cm³/mol. The highest BCUT2D eigenvalue weighted by Crippen LogP contribution is 2.38. The first-order valence-electron chi connectivity index (χ1n) is 16.9. The zero-order valence-electron chi connectivity index (χ0n) is 26.8. The summed E-state index contributed by atoms with van der Waals surface area (Å²) in [6, 6.07) is 57.7. The Bertz CT molecular complexity index is 3140. The van der Waals surface area contributed by atoms with Crippen molar-refractivity contribution in [1.82, 2.24) is 23.9 Å². The maximum atomic E-state index is 5.41. The van der Waals surface area contributed by atoms with Crippen LogP contribution in [0.1, 0.15) is 0 Å². The monoisotopic (exact) mass is 637 g/mol. The van der Waals surface area contributed by atoms with Crippen molar-refractivity contribution in [1.29, 1.82) is 0 Å². The summed E-state index contributed by atoms with van der Waals surface area (Å²) in [6.07, 6.45) is 0. The van der Waals surface area contributed by atoms with Crippen LogP contribution in [0.2, 0.25) is 0 Å². The van der Waals surface area contributed by atoms with Gasteiger partial charge in [-0.15, -0.1) is 0 Å². The van der Waals surface area contributed by atoms with Gasteiger partial charge in [0.15, 0.2) is 5.65 Å². The Morgan fingerprint density at radius 1 is 0.380 bits per heavy atom. The summed E-state index contributed by atoms with van der Waals surface area (Å²) >= 11 is 0. The molecule has 0 spiro atoms. The van der Waals surface area contributed by atoms with E-state index in [1.807, 2.05) is 6.07 Å². The number of benzene rings is 7. The molecule has 0 saturated carbocycles. The van der Waals surface area contributed by atoms with Crippen LogP contribution in [0.4, 0.5) is 0 Å². The van der Waals surface area contributed by atoms with Crippen LogP contribution in [0.5, 0.6) is 0 Å². The maximum Gasteiger partial charge on any atom is 0.237 e. The summed E-state index contributed by atoms with van der Waals surface area (Å²) in [5.41, 5.74) is 10.2. The quantitative estimate of drug-likeness (QED) is 0.181. The molecule has 0 amide bonds. The minimum Gasteiger partial charge on any atom is -0.289 e. The average molecular weight is 638 g/mol. The first-order chi connectivity index (χ1) is 24.8. The summed E-state index contributed by atoms with van der Waals surface area (Å²) < 4.78 is 4.46. The van der Waals surface area contributed by atoms with Gasteiger partial charge in [-0.2, -0.15) is 0 Å². The number of rotatable bonds is 3. The van der Waals surface area contributed by atoms with Gasteiger partial charge in [-0.3, -0.25) is 8.97 Å². The molecular formula is C45H27N5. The van der Waals surface area contributed by atoms with Gasteiger partial charge < -0.3 is 0 Å². The van der Waals surface area contributed by atoms with Crippen molar-refractivity contribution in [3.05, 3.63) is 164 Å². The molecule has 0 bridgehead atoms. The van der Waals surface area contributed by atoms with E-state index >= 15 is 0 Å². The summed E-state index contributed by atoms with van der Waals surface area (Å²) in [4.78, 5) is 16.0. The third-order valence-electron chi connectivity index (χ3n) is 10.1. The largest absolute Gasteiger partial charge is 0.289 e. The maximum absolute atomic E-state index is 5.41. The van der Waals surface area contributed by atoms with Gasteiger partial charge in [0.25, 0.3) is 0 Å². The van der Waals surface area contributed by atoms with Gasteiger partial charge in [-0.25, -0.2) is 15.0 Å². The van der Waals surface area contributed by atoms with E-state index in [0.29, 0.717) is 5.95 Å². The fourth-order valence-electron chi connectivity index (χ4n) is 7.89. The molecule has 0 saturated heterocycles. The lowest BCUT2D eigenvalue weighted by Gasteiger charge is -2.12. The van der Waals surface area contributed by atoms with Crippen LogP contribution in [0.3, 0.4) is 0 Å². The van der Waals surface area contributed by atoms with Crippen molar-refractivity contribution in [2.75, 3.05) is 0 Å². The number of fused-ring (bicyclic) bond motifs is 12. The molecule has 0 aliphatic rings. The lowest BCUT2D eigenvalue weighted by molar-refractivity contribution is 1.00. The Kier molecular flexibility index (Phi) is 5.60. The van der Waals surface area contributed by atoms with Crippen LogP contribution in [0, 0.1) is 0 Å². The molecule has 0 N–H and O–H groups in total. The van der Waals surface area contributed by atoms with Crippen molar-refractivity contribution in [3.63, 3.8) is 0 Å². The van der Waals surface area contributed by atoms with Gasteiger partial charge in [0.1, 0.15) is 11.2 Å². The molecule has 5 nitrogen and oxygen atoms in total. The number of aromatic nitrogens is 5. The van der Waals surface area contributed by atoms with E-state index in [2.05, 4.69) is 167 Å².